The number of anilines is 1. The topological polar surface area (TPSA) is 101 Å². The molecule has 122 valence electrons. The summed E-state index contributed by atoms with van der Waals surface area (Å²) in [5.41, 5.74) is 0.397. The maximum absolute atomic E-state index is 11.9. The number of hydrogen-bond donors (Lipinski definition) is 2. The number of carbonyl (C=O) groups excluding carboxylic acids is 1. The molecule has 1 amide bonds. The fourth-order valence-corrected chi connectivity index (χ4v) is 3.86. The summed E-state index contributed by atoms with van der Waals surface area (Å²) in [7, 11) is -2.94. The molecule has 22 heavy (non-hydrogen) atoms. The van der Waals surface area contributed by atoms with Crippen molar-refractivity contribution in [2.45, 2.75) is 32.7 Å². The highest BCUT2D eigenvalue weighted by molar-refractivity contribution is 7.91. The molecule has 1 fully saturated rings. The Morgan fingerprint density at radius 2 is 2.05 bits per heavy atom. The molecule has 2 N–H and O–H groups in total. The van der Waals surface area contributed by atoms with Crippen molar-refractivity contribution < 1.29 is 13.2 Å². The number of nitrogens with one attached hydrogen (secondary N) is 2. The van der Waals surface area contributed by atoms with Crippen LogP contribution in [0.4, 0.5) is 5.95 Å². The van der Waals surface area contributed by atoms with Crippen molar-refractivity contribution in [1.82, 2.24) is 15.3 Å². The molecule has 1 aliphatic rings. The molecular formula is C14H22N4O3S. The lowest BCUT2D eigenvalue weighted by Gasteiger charge is -2.11. The Morgan fingerprint density at radius 3 is 2.59 bits per heavy atom. The number of aromatic nitrogens is 2. The molecule has 0 saturated carbocycles. The molecule has 1 aliphatic heterocycles. The third-order valence-electron chi connectivity index (χ3n) is 3.49. The van der Waals surface area contributed by atoms with Crippen LogP contribution in [0.15, 0.2) is 12.4 Å². The second kappa shape index (κ2) is 7.04. The van der Waals surface area contributed by atoms with Crippen molar-refractivity contribution in [2.24, 2.45) is 5.92 Å². The SMILES string of the molecule is CC(C)CCNC(=O)c1cnc(NC2CCS(=O)(=O)C2)nc1. The predicted octanol–water partition coefficient (Wildman–Crippen LogP) is 0.852. The number of carbonyl (C=O) groups is 1. The lowest BCUT2D eigenvalue weighted by molar-refractivity contribution is 0.0951. The minimum absolute atomic E-state index is 0.105. The van der Waals surface area contributed by atoms with Gasteiger partial charge in [0.25, 0.3) is 5.91 Å². The maximum Gasteiger partial charge on any atom is 0.254 e. The minimum atomic E-state index is -2.94. The Hall–Kier alpha value is -1.70. The molecule has 1 aromatic heterocycles. The first-order chi connectivity index (χ1) is 10.4. The summed E-state index contributed by atoms with van der Waals surface area (Å²) in [6.07, 6.45) is 4.37. The summed E-state index contributed by atoms with van der Waals surface area (Å²) >= 11 is 0. The largest absolute Gasteiger partial charge is 0.352 e. The molecule has 0 aliphatic carbocycles. The fourth-order valence-electron chi connectivity index (χ4n) is 2.19. The average Bonchev–Trinajstić information content (AvgIpc) is 2.78. The number of nitrogens with zero attached hydrogens (tertiary/aromatic N) is 2. The Morgan fingerprint density at radius 1 is 1.36 bits per heavy atom. The molecule has 8 heteroatoms. The fraction of sp³-hybridized carbons (Fsp3) is 0.643. The number of rotatable bonds is 6. The molecule has 0 radical (unpaired) electrons. The van der Waals surface area contributed by atoms with E-state index in [4.69, 9.17) is 0 Å². The van der Waals surface area contributed by atoms with Gasteiger partial charge in [-0.05, 0) is 18.8 Å². The Bertz CT molecular complexity index is 613. The Labute approximate surface area is 130 Å². The van der Waals surface area contributed by atoms with Gasteiger partial charge in [0, 0.05) is 25.0 Å². The van der Waals surface area contributed by atoms with Crippen molar-refractivity contribution in [3.05, 3.63) is 18.0 Å². The van der Waals surface area contributed by atoms with Crippen LogP contribution in [-0.4, -0.2) is 48.4 Å². The van der Waals surface area contributed by atoms with Crippen molar-refractivity contribution in [1.29, 1.82) is 0 Å². The molecular weight excluding hydrogens is 304 g/mol. The molecule has 1 aromatic rings. The van der Waals surface area contributed by atoms with Crippen LogP contribution >= 0.6 is 0 Å². The first kappa shape index (κ1) is 16.7. The van der Waals surface area contributed by atoms with Crippen LogP contribution in [0.2, 0.25) is 0 Å². The first-order valence-corrected chi connectivity index (χ1v) is 9.25. The van der Waals surface area contributed by atoms with Gasteiger partial charge in [0.2, 0.25) is 5.95 Å². The van der Waals surface area contributed by atoms with Gasteiger partial charge in [0.1, 0.15) is 0 Å². The normalized spacial score (nSPS) is 20.0. The monoisotopic (exact) mass is 326 g/mol. The molecule has 1 saturated heterocycles. The van der Waals surface area contributed by atoms with Gasteiger partial charge in [-0.1, -0.05) is 13.8 Å². The van der Waals surface area contributed by atoms with E-state index in [0.717, 1.165) is 6.42 Å². The highest BCUT2D eigenvalue weighted by atomic mass is 32.2. The summed E-state index contributed by atoms with van der Waals surface area (Å²) in [6, 6.07) is -0.157. The minimum Gasteiger partial charge on any atom is -0.352 e. The van der Waals surface area contributed by atoms with E-state index in [1.54, 1.807) is 0 Å². The van der Waals surface area contributed by atoms with E-state index in [2.05, 4.69) is 34.4 Å². The van der Waals surface area contributed by atoms with E-state index in [9.17, 15) is 13.2 Å². The van der Waals surface area contributed by atoms with Gasteiger partial charge in [-0.2, -0.15) is 0 Å². The van der Waals surface area contributed by atoms with Crippen LogP contribution in [0.25, 0.3) is 0 Å². The Balaban J connectivity index is 1.86. The molecule has 0 aromatic carbocycles. The average molecular weight is 326 g/mol. The van der Waals surface area contributed by atoms with Gasteiger partial charge >= 0.3 is 0 Å². The zero-order valence-electron chi connectivity index (χ0n) is 12.9. The van der Waals surface area contributed by atoms with Crippen LogP contribution in [0.1, 0.15) is 37.0 Å². The second-order valence-corrected chi connectivity index (χ2v) is 8.21. The van der Waals surface area contributed by atoms with Crippen LogP contribution in [-0.2, 0) is 9.84 Å². The summed E-state index contributed by atoms with van der Waals surface area (Å²) in [6.45, 7) is 4.81. The lowest BCUT2D eigenvalue weighted by Crippen LogP contribution is -2.26. The highest BCUT2D eigenvalue weighted by Gasteiger charge is 2.28. The zero-order chi connectivity index (χ0) is 16.2. The zero-order valence-corrected chi connectivity index (χ0v) is 13.7. The smallest absolute Gasteiger partial charge is 0.254 e. The second-order valence-electron chi connectivity index (χ2n) is 5.98. The van der Waals surface area contributed by atoms with Crippen molar-refractivity contribution in [3.63, 3.8) is 0 Å². The van der Waals surface area contributed by atoms with Gasteiger partial charge in [0.15, 0.2) is 9.84 Å². The van der Waals surface area contributed by atoms with Gasteiger partial charge in [0.05, 0.1) is 17.1 Å². The maximum atomic E-state index is 11.9. The number of hydrogen-bond acceptors (Lipinski definition) is 6. The van der Waals surface area contributed by atoms with E-state index in [1.165, 1.54) is 12.4 Å². The van der Waals surface area contributed by atoms with Gasteiger partial charge in [-0.15, -0.1) is 0 Å². The van der Waals surface area contributed by atoms with E-state index < -0.39 is 9.84 Å². The molecule has 2 heterocycles. The van der Waals surface area contributed by atoms with Gasteiger partial charge in [-0.25, -0.2) is 18.4 Å². The molecule has 1 atom stereocenters. The molecule has 2 rings (SSSR count). The molecule has 1 unspecified atom stereocenters. The van der Waals surface area contributed by atoms with Crippen molar-refractivity contribution >= 4 is 21.7 Å². The first-order valence-electron chi connectivity index (χ1n) is 7.43. The molecule has 0 spiro atoms. The predicted molar refractivity (Wildman–Crippen MR) is 84.5 cm³/mol. The molecule has 0 bridgehead atoms. The van der Waals surface area contributed by atoms with Crippen LogP contribution in [0, 0.1) is 5.92 Å². The van der Waals surface area contributed by atoms with Crippen LogP contribution in [0.5, 0.6) is 0 Å². The van der Waals surface area contributed by atoms with E-state index in [1.807, 2.05) is 0 Å². The summed E-state index contributed by atoms with van der Waals surface area (Å²) < 4.78 is 22.8. The van der Waals surface area contributed by atoms with Crippen molar-refractivity contribution in [3.8, 4) is 0 Å². The summed E-state index contributed by atoms with van der Waals surface area (Å²) in [5, 5.41) is 5.80. The lowest BCUT2D eigenvalue weighted by atomic mass is 10.1. The number of sulfone groups is 1. The standard InChI is InChI=1S/C14H22N4O3S/c1-10(2)3-5-15-13(19)11-7-16-14(17-8-11)18-12-4-6-22(20,21)9-12/h7-8,10,12H,3-6,9H2,1-2H3,(H,15,19)(H,16,17,18). The van der Waals surface area contributed by atoms with Gasteiger partial charge in [-0.3, -0.25) is 4.79 Å². The summed E-state index contributed by atoms with van der Waals surface area (Å²) in [4.78, 5) is 20.0. The Kier molecular flexibility index (Phi) is 5.33. The van der Waals surface area contributed by atoms with Crippen molar-refractivity contribution in [2.75, 3.05) is 23.4 Å². The third kappa shape index (κ3) is 4.94. The van der Waals surface area contributed by atoms with E-state index in [-0.39, 0.29) is 23.5 Å². The van der Waals surface area contributed by atoms with Gasteiger partial charge < -0.3 is 10.6 Å². The third-order valence-corrected chi connectivity index (χ3v) is 5.25. The summed E-state index contributed by atoms with van der Waals surface area (Å²) in [5.74, 6) is 0.983. The van der Waals surface area contributed by atoms with Crippen LogP contribution < -0.4 is 10.6 Å². The highest BCUT2D eigenvalue weighted by Crippen LogP contribution is 2.15. The molecule has 7 nitrogen and oxygen atoms in total. The van der Waals surface area contributed by atoms with Crippen LogP contribution in [0.3, 0.4) is 0 Å². The number of amides is 1. The quantitative estimate of drug-likeness (QED) is 0.804. The van der Waals surface area contributed by atoms with E-state index >= 15 is 0 Å². The van der Waals surface area contributed by atoms with E-state index in [0.29, 0.717) is 30.4 Å².